The predicted molar refractivity (Wildman–Crippen MR) is 86.0 cm³/mol. The molecule has 0 saturated carbocycles. The summed E-state index contributed by atoms with van der Waals surface area (Å²) in [7, 11) is 0. The van der Waals surface area contributed by atoms with Crippen LogP contribution in [0.3, 0.4) is 0 Å². The highest BCUT2D eigenvalue weighted by Gasteiger charge is 2.33. The molecule has 1 aromatic carbocycles. The number of ether oxygens (including phenoxy) is 2. The van der Waals surface area contributed by atoms with E-state index in [-0.39, 0.29) is 24.2 Å². The van der Waals surface area contributed by atoms with Crippen LogP contribution in [0, 0.1) is 5.92 Å². The minimum atomic E-state index is -0.352. The summed E-state index contributed by atoms with van der Waals surface area (Å²) >= 11 is 6.22. The van der Waals surface area contributed by atoms with Gasteiger partial charge in [0.15, 0.2) is 11.5 Å². The van der Waals surface area contributed by atoms with E-state index in [0.29, 0.717) is 48.5 Å². The van der Waals surface area contributed by atoms with E-state index in [2.05, 4.69) is 5.32 Å². The molecule has 2 heterocycles. The predicted octanol–water partition coefficient (Wildman–Crippen LogP) is 2.31. The molecule has 0 bridgehead atoms. The van der Waals surface area contributed by atoms with Gasteiger partial charge in [-0.1, -0.05) is 11.6 Å². The van der Waals surface area contributed by atoms with Gasteiger partial charge in [0.25, 0.3) is 0 Å². The van der Waals surface area contributed by atoms with Gasteiger partial charge in [-0.15, -0.1) is 0 Å². The van der Waals surface area contributed by atoms with Crippen LogP contribution in [-0.2, 0) is 9.59 Å². The van der Waals surface area contributed by atoms with Crippen molar-refractivity contribution in [3.63, 3.8) is 0 Å². The Balaban J connectivity index is 1.74. The highest BCUT2D eigenvalue weighted by Crippen LogP contribution is 2.38. The molecule has 1 N–H and O–H groups in total. The summed E-state index contributed by atoms with van der Waals surface area (Å²) < 4.78 is 11.2. The number of rotatable bonds is 3. The maximum atomic E-state index is 12.4. The number of carbonyl (C=O) groups is 2. The first-order valence-electron chi connectivity index (χ1n) is 7.76. The van der Waals surface area contributed by atoms with E-state index in [1.807, 2.05) is 6.92 Å². The lowest BCUT2D eigenvalue weighted by atomic mass is 10.1. The van der Waals surface area contributed by atoms with Gasteiger partial charge in [0.1, 0.15) is 0 Å². The molecule has 2 aliphatic rings. The molecule has 7 heteroatoms. The summed E-state index contributed by atoms with van der Waals surface area (Å²) in [6.45, 7) is 4.10. The van der Waals surface area contributed by atoms with E-state index in [1.165, 1.54) is 0 Å². The molecule has 0 spiro atoms. The maximum absolute atomic E-state index is 12.4. The molecule has 1 fully saturated rings. The van der Waals surface area contributed by atoms with Crippen LogP contribution in [0.15, 0.2) is 12.1 Å². The van der Waals surface area contributed by atoms with E-state index in [4.69, 9.17) is 21.1 Å². The molecule has 2 aliphatic heterocycles. The zero-order valence-corrected chi connectivity index (χ0v) is 13.7. The van der Waals surface area contributed by atoms with Crippen LogP contribution in [0.25, 0.3) is 0 Å². The zero-order chi connectivity index (χ0) is 16.4. The van der Waals surface area contributed by atoms with Crippen LogP contribution in [0.5, 0.6) is 11.5 Å². The Hall–Kier alpha value is -1.95. The lowest BCUT2D eigenvalue weighted by Gasteiger charge is -2.15. The van der Waals surface area contributed by atoms with Crippen molar-refractivity contribution in [3.8, 4) is 11.5 Å². The normalized spacial score (nSPS) is 20.3. The Morgan fingerprint density at radius 2 is 2.04 bits per heavy atom. The second-order valence-corrected chi connectivity index (χ2v) is 6.06. The number of carbonyl (C=O) groups excluding carboxylic acids is 2. The Labute approximate surface area is 139 Å². The van der Waals surface area contributed by atoms with Gasteiger partial charge >= 0.3 is 0 Å². The minimum absolute atomic E-state index is 0.0115. The number of halogens is 1. The van der Waals surface area contributed by atoms with E-state index in [1.54, 1.807) is 17.0 Å². The van der Waals surface area contributed by atoms with Gasteiger partial charge in [0, 0.05) is 38.1 Å². The summed E-state index contributed by atoms with van der Waals surface area (Å²) in [4.78, 5) is 25.8. The van der Waals surface area contributed by atoms with Gasteiger partial charge in [-0.3, -0.25) is 9.59 Å². The van der Waals surface area contributed by atoms with Gasteiger partial charge in [-0.2, -0.15) is 0 Å². The first-order chi connectivity index (χ1) is 11.1. The van der Waals surface area contributed by atoms with Crippen LogP contribution in [0.4, 0.5) is 5.69 Å². The van der Waals surface area contributed by atoms with Crippen LogP contribution >= 0.6 is 11.6 Å². The highest BCUT2D eigenvalue weighted by molar-refractivity contribution is 6.34. The molecule has 0 aliphatic carbocycles. The number of amides is 2. The van der Waals surface area contributed by atoms with Crippen molar-refractivity contribution in [2.24, 2.45) is 5.92 Å². The second-order valence-electron chi connectivity index (χ2n) is 5.65. The third-order valence-corrected chi connectivity index (χ3v) is 4.37. The van der Waals surface area contributed by atoms with Crippen molar-refractivity contribution < 1.29 is 19.1 Å². The minimum Gasteiger partial charge on any atom is -0.490 e. The molecular weight excluding hydrogens is 320 g/mol. The lowest BCUT2D eigenvalue weighted by Crippen LogP contribution is -2.28. The second kappa shape index (κ2) is 6.66. The third kappa shape index (κ3) is 3.37. The van der Waals surface area contributed by atoms with Crippen LogP contribution in [0.2, 0.25) is 5.02 Å². The molecule has 1 aromatic rings. The molecule has 0 radical (unpaired) electrons. The Kier molecular flexibility index (Phi) is 4.61. The van der Waals surface area contributed by atoms with Crippen LogP contribution < -0.4 is 14.8 Å². The Morgan fingerprint density at radius 3 is 2.70 bits per heavy atom. The molecule has 1 atom stereocenters. The maximum Gasteiger partial charge on any atom is 0.229 e. The quantitative estimate of drug-likeness (QED) is 0.918. The molecular formula is C16H19ClN2O4. The fourth-order valence-electron chi connectivity index (χ4n) is 2.77. The number of nitrogens with zero attached hydrogens (tertiary/aromatic N) is 1. The molecule has 1 unspecified atom stereocenters. The number of likely N-dealkylation sites (tertiary alicyclic amines) is 1. The van der Waals surface area contributed by atoms with Gasteiger partial charge in [0.05, 0.1) is 29.8 Å². The molecule has 2 amide bonds. The van der Waals surface area contributed by atoms with E-state index in [0.717, 1.165) is 6.42 Å². The van der Waals surface area contributed by atoms with Gasteiger partial charge < -0.3 is 19.7 Å². The first kappa shape index (κ1) is 15.9. The van der Waals surface area contributed by atoms with Crippen molar-refractivity contribution in [2.45, 2.75) is 19.8 Å². The fourth-order valence-corrected chi connectivity index (χ4v) is 2.97. The topological polar surface area (TPSA) is 67.9 Å². The fraction of sp³-hybridized carbons (Fsp3) is 0.500. The van der Waals surface area contributed by atoms with Gasteiger partial charge in [-0.05, 0) is 6.92 Å². The molecule has 3 rings (SSSR count). The number of nitrogens with one attached hydrogen (secondary N) is 1. The third-order valence-electron chi connectivity index (χ3n) is 4.06. The highest BCUT2D eigenvalue weighted by atomic mass is 35.5. The van der Waals surface area contributed by atoms with Crippen LogP contribution in [0.1, 0.15) is 19.8 Å². The number of hydrogen-bond donors (Lipinski definition) is 1. The SMILES string of the molecule is CCN1CC(C(=O)Nc2cc3c(cc2Cl)OCCCO3)CC1=O. The molecule has 0 aromatic heterocycles. The summed E-state index contributed by atoms with van der Waals surface area (Å²) in [6.07, 6.45) is 1.03. The zero-order valence-electron chi connectivity index (χ0n) is 12.9. The average molecular weight is 339 g/mol. The van der Waals surface area contributed by atoms with Crippen molar-refractivity contribution in [3.05, 3.63) is 17.2 Å². The first-order valence-corrected chi connectivity index (χ1v) is 8.14. The van der Waals surface area contributed by atoms with Crippen molar-refractivity contribution in [2.75, 3.05) is 31.6 Å². The lowest BCUT2D eigenvalue weighted by molar-refractivity contribution is -0.128. The largest absolute Gasteiger partial charge is 0.490 e. The number of hydrogen-bond acceptors (Lipinski definition) is 4. The van der Waals surface area contributed by atoms with Crippen molar-refractivity contribution in [1.29, 1.82) is 0 Å². The Bertz CT molecular complexity index is 635. The molecule has 6 nitrogen and oxygen atoms in total. The summed E-state index contributed by atoms with van der Waals surface area (Å²) in [5.74, 6) is 0.608. The summed E-state index contributed by atoms with van der Waals surface area (Å²) in [5, 5.41) is 3.19. The van der Waals surface area contributed by atoms with E-state index in [9.17, 15) is 9.59 Å². The van der Waals surface area contributed by atoms with E-state index >= 15 is 0 Å². The number of fused-ring (bicyclic) bond motifs is 1. The average Bonchev–Trinajstić information content (AvgIpc) is 2.76. The summed E-state index contributed by atoms with van der Waals surface area (Å²) in [5.41, 5.74) is 0.475. The van der Waals surface area contributed by atoms with E-state index < -0.39 is 0 Å². The van der Waals surface area contributed by atoms with Crippen LogP contribution in [-0.4, -0.2) is 43.0 Å². The summed E-state index contributed by atoms with van der Waals surface area (Å²) in [6, 6.07) is 3.32. The van der Waals surface area contributed by atoms with Gasteiger partial charge in [-0.25, -0.2) is 0 Å². The number of anilines is 1. The molecule has 23 heavy (non-hydrogen) atoms. The van der Waals surface area contributed by atoms with Crippen molar-refractivity contribution in [1.82, 2.24) is 4.90 Å². The van der Waals surface area contributed by atoms with Gasteiger partial charge in [0.2, 0.25) is 11.8 Å². The smallest absolute Gasteiger partial charge is 0.229 e. The molecule has 1 saturated heterocycles. The Morgan fingerprint density at radius 1 is 1.35 bits per heavy atom. The standard InChI is InChI=1S/C16H19ClN2O4/c1-2-19-9-10(6-15(19)20)16(21)18-12-8-14-13(7-11(12)17)22-4-3-5-23-14/h7-8,10H,2-6,9H2,1H3,(H,18,21). The molecule has 124 valence electrons. The van der Waals surface area contributed by atoms with Crippen molar-refractivity contribution >= 4 is 29.1 Å². The monoisotopic (exact) mass is 338 g/mol. The number of benzene rings is 1.